The molecule has 1 amide bonds. The van der Waals surface area contributed by atoms with Crippen LogP contribution in [0.3, 0.4) is 0 Å². The molecule has 0 saturated carbocycles. The van der Waals surface area contributed by atoms with Crippen LogP contribution in [0, 0.1) is 0 Å². The Kier molecular flexibility index (Phi) is 5.95. The molecule has 6 nitrogen and oxygen atoms in total. The van der Waals surface area contributed by atoms with Gasteiger partial charge in [-0.25, -0.2) is 0 Å². The van der Waals surface area contributed by atoms with Gasteiger partial charge in [-0.1, -0.05) is 0 Å². The Balaban J connectivity index is 2.92. The van der Waals surface area contributed by atoms with Crippen LogP contribution in [0.2, 0.25) is 0 Å². The molecular weight excluding hydrogens is 248 g/mol. The van der Waals surface area contributed by atoms with E-state index in [1.165, 1.54) is 7.11 Å². The molecule has 1 aromatic rings. The van der Waals surface area contributed by atoms with Gasteiger partial charge < -0.3 is 25.3 Å². The van der Waals surface area contributed by atoms with Crippen molar-refractivity contribution in [1.82, 2.24) is 5.32 Å². The summed E-state index contributed by atoms with van der Waals surface area (Å²) in [6.07, 6.45) is 0.301. The van der Waals surface area contributed by atoms with E-state index in [0.717, 1.165) is 5.56 Å². The highest BCUT2D eigenvalue weighted by Crippen LogP contribution is 2.39. The lowest BCUT2D eigenvalue weighted by atomic mass is 10.1. The first-order valence-corrected chi connectivity index (χ1v) is 5.92. The quantitative estimate of drug-likeness (QED) is 0.759. The van der Waals surface area contributed by atoms with Crippen LogP contribution in [0.15, 0.2) is 12.1 Å². The summed E-state index contributed by atoms with van der Waals surface area (Å²) in [4.78, 5) is 11.4. The van der Waals surface area contributed by atoms with Gasteiger partial charge >= 0.3 is 0 Å². The molecule has 3 N–H and O–H groups in total. The Bertz CT molecular complexity index is 435. The predicted octanol–water partition coefficient (Wildman–Crippen LogP) is 0.677. The molecule has 0 aliphatic rings. The number of benzene rings is 1. The van der Waals surface area contributed by atoms with Gasteiger partial charge in [-0.05, 0) is 12.1 Å². The fourth-order valence-electron chi connectivity index (χ4n) is 1.72. The molecule has 0 spiro atoms. The average Bonchev–Trinajstić information content (AvgIpc) is 2.43. The van der Waals surface area contributed by atoms with Gasteiger partial charge in [-0.3, -0.25) is 4.79 Å². The topological polar surface area (TPSA) is 82.8 Å². The first-order chi connectivity index (χ1) is 9.17. The summed E-state index contributed by atoms with van der Waals surface area (Å²) >= 11 is 0. The highest BCUT2D eigenvalue weighted by atomic mass is 16.5. The standard InChI is InChI=1S/C13H20N2O4/c1-17-10-5-4-9(8-15-11(16)6-7-14)12(18-2)13(10)19-3/h4-5H,6-8,14H2,1-3H3,(H,15,16). The van der Waals surface area contributed by atoms with E-state index in [9.17, 15) is 4.79 Å². The molecule has 0 aromatic heterocycles. The highest BCUT2D eigenvalue weighted by molar-refractivity contribution is 5.76. The van der Waals surface area contributed by atoms with E-state index in [1.54, 1.807) is 20.3 Å². The van der Waals surface area contributed by atoms with Crippen molar-refractivity contribution >= 4 is 5.91 Å². The number of amides is 1. The maximum Gasteiger partial charge on any atom is 0.221 e. The molecule has 6 heteroatoms. The number of rotatable bonds is 7. The Morgan fingerprint density at radius 1 is 1.16 bits per heavy atom. The molecule has 0 aliphatic heterocycles. The zero-order chi connectivity index (χ0) is 14.3. The first-order valence-electron chi connectivity index (χ1n) is 5.92. The number of hydrogen-bond donors (Lipinski definition) is 2. The van der Waals surface area contributed by atoms with Gasteiger partial charge in [0.15, 0.2) is 11.5 Å². The number of hydrogen-bond acceptors (Lipinski definition) is 5. The number of nitrogens with one attached hydrogen (secondary N) is 1. The molecule has 0 unspecified atom stereocenters. The van der Waals surface area contributed by atoms with Crippen LogP contribution in [0.4, 0.5) is 0 Å². The van der Waals surface area contributed by atoms with Gasteiger partial charge in [0.2, 0.25) is 11.7 Å². The summed E-state index contributed by atoms with van der Waals surface area (Å²) in [6, 6.07) is 3.59. The molecule has 1 aromatic carbocycles. The van der Waals surface area contributed by atoms with E-state index in [-0.39, 0.29) is 5.91 Å². The monoisotopic (exact) mass is 268 g/mol. The third-order valence-electron chi connectivity index (χ3n) is 2.63. The molecule has 0 fully saturated rings. The summed E-state index contributed by atoms with van der Waals surface area (Å²) in [7, 11) is 4.64. The highest BCUT2D eigenvalue weighted by Gasteiger charge is 2.15. The fourth-order valence-corrected chi connectivity index (χ4v) is 1.72. The molecular formula is C13H20N2O4. The van der Waals surface area contributed by atoms with Crippen LogP contribution >= 0.6 is 0 Å². The molecule has 1 rings (SSSR count). The number of ether oxygens (including phenoxy) is 3. The number of methoxy groups -OCH3 is 3. The average molecular weight is 268 g/mol. The minimum absolute atomic E-state index is 0.0978. The van der Waals surface area contributed by atoms with Gasteiger partial charge in [0.25, 0.3) is 0 Å². The van der Waals surface area contributed by atoms with Crippen molar-refractivity contribution in [3.05, 3.63) is 17.7 Å². The zero-order valence-corrected chi connectivity index (χ0v) is 11.5. The molecule has 0 heterocycles. The number of carbonyl (C=O) groups excluding carboxylic acids is 1. The second-order valence-corrected chi connectivity index (χ2v) is 3.81. The molecule has 0 bridgehead atoms. The lowest BCUT2D eigenvalue weighted by Gasteiger charge is -2.16. The van der Waals surface area contributed by atoms with E-state index in [2.05, 4.69) is 5.32 Å². The van der Waals surface area contributed by atoms with Gasteiger partial charge in [-0.15, -0.1) is 0 Å². The maximum atomic E-state index is 11.4. The third-order valence-corrected chi connectivity index (χ3v) is 2.63. The Labute approximate surface area is 112 Å². The molecule has 19 heavy (non-hydrogen) atoms. The predicted molar refractivity (Wildman–Crippen MR) is 71.6 cm³/mol. The maximum absolute atomic E-state index is 11.4. The van der Waals surface area contributed by atoms with Gasteiger partial charge in [0.05, 0.1) is 21.3 Å². The van der Waals surface area contributed by atoms with Crippen LogP contribution in [0.5, 0.6) is 17.2 Å². The molecule has 0 atom stereocenters. The fraction of sp³-hybridized carbons (Fsp3) is 0.462. The van der Waals surface area contributed by atoms with E-state index in [4.69, 9.17) is 19.9 Å². The molecule has 0 radical (unpaired) electrons. The molecule has 106 valence electrons. The summed E-state index contributed by atoms with van der Waals surface area (Å²) < 4.78 is 15.8. The second kappa shape index (κ2) is 7.48. The second-order valence-electron chi connectivity index (χ2n) is 3.81. The Hall–Kier alpha value is -1.95. The summed E-state index contributed by atoms with van der Waals surface area (Å²) in [5.74, 6) is 1.54. The number of carbonyl (C=O) groups is 1. The van der Waals surface area contributed by atoms with Crippen molar-refractivity contribution in [2.45, 2.75) is 13.0 Å². The van der Waals surface area contributed by atoms with Crippen molar-refractivity contribution in [3.8, 4) is 17.2 Å². The molecule has 0 saturated heterocycles. The van der Waals surface area contributed by atoms with Gasteiger partial charge in [-0.2, -0.15) is 0 Å². The van der Waals surface area contributed by atoms with Crippen LogP contribution < -0.4 is 25.3 Å². The normalized spacial score (nSPS) is 9.89. The van der Waals surface area contributed by atoms with E-state index in [1.807, 2.05) is 6.07 Å². The largest absolute Gasteiger partial charge is 0.493 e. The lowest BCUT2D eigenvalue weighted by molar-refractivity contribution is -0.121. The van der Waals surface area contributed by atoms with Crippen LogP contribution in [-0.2, 0) is 11.3 Å². The van der Waals surface area contributed by atoms with Crippen molar-refractivity contribution in [3.63, 3.8) is 0 Å². The van der Waals surface area contributed by atoms with Crippen LogP contribution in [0.25, 0.3) is 0 Å². The van der Waals surface area contributed by atoms with Crippen molar-refractivity contribution < 1.29 is 19.0 Å². The first kappa shape index (κ1) is 15.1. The number of nitrogens with two attached hydrogens (primary N) is 1. The Morgan fingerprint density at radius 2 is 1.84 bits per heavy atom. The molecule has 0 aliphatic carbocycles. The van der Waals surface area contributed by atoms with E-state index >= 15 is 0 Å². The summed E-state index contributed by atoms with van der Waals surface area (Å²) in [6.45, 7) is 0.678. The summed E-state index contributed by atoms with van der Waals surface area (Å²) in [5, 5.41) is 2.77. The van der Waals surface area contributed by atoms with E-state index in [0.29, 0.717) is 36.8 Å². The van der Waals surface area contributed by atoms with E-state index < -0.39 is 0 Å². The zero-order valence-electron chi connectivity index (χ0n) is 11.5. The van der Waals surface area contributed by atoms with Crippen molar-refractivity contribution in [2.24, 2.45) is 5.73 Å². The minimum Gasteiger partial charge on any atom is -0.493 e. The van der Waals surface area contributed by atoms with Crippen LogP contribution in [0.1, 0.15) is 12.0 Å². The summed E-state index contributed by atoms with van der Waals surface area (Å²) in [5.41, 5.74) is 6.13. The Morgan fingerprint density at radius 3 is 2.37 bits per heavy atom. The minimum atomic E-state index is -0.0978. The van der Waals surface area contributed by atoms with Gasteiger partial charge in [0.1, 0.15) is 0 Å². The van der Waals surface area contributed by atoms with Crippen molar-refractivity contribution in [1.29, 1.82) is 0 Å². The van der Waals surface area contributed by atoms with Crippen LogP contribution in [-0.4, -0.2) is 33.8 Å². The lowest BCUT2D eigenvalue weighted by Crippen LogP contribution is -2.25. The van der Waals surface area contributed by atoms with Gasteiger partial charge in [0, 0.05) is 25.1 Å². The smallest absolute Gasteiger partial charge is 0.221 e. The van der Waals surface area contributed by atoms with Crippen molar-refractivity contribution in [2.75, 3.05) is 27.9 Å². The third kappa shape index (κ3) is 3.75. The SMILES string of the molecule is COc1ccc(CNC(=O)CCN)c(OC)c1OC.